The molecule has 0 saturated carbocycles. The smallest absolute Gasteiger partial charge is 0.252 e. The van der Waals surface area contributed by atoms with E-state index in [4.69, 9.17) is 28.7 Å². The second-order valence-electron chi connectivity index (χ2n) is 7.77. The van der Waals surface area contributed by atoms with E-state index in [1.54, 1.807) is 34.5 Å². The Morgan fingerprint density at radius 2 is 1.47 bits per heavy atom. The number of carbonyl (C=O) groups excluding carboxylic acids is 1. The minimum absolute atomic E-state index is 0.222. The fraction of sp³-hybridized carbons (Fsp3) is 0.214. The highest BCUT2D eigenvalue weighted by molar-refractivity contribution is 6.07. The van der Waals surface area contributed by atoms with Crippen LogP contribution in [0.5, 0.6) is 28.7 Å². The molecule has 0 aliphatic carbocycles. The number of nitrogens with zero attached hydrogens (tertiary/aromatic N) is 1. The van der Waals surface area contributed by atoms with Crippen LogP contribution in [0.25, 0.3) is 22.2 Å². The third-order valence-electron chi connectivity index (χ3n) is 5.64. The van der Waals surface area contributed by atoms with Gasteiger partial charge in [-0.05, 0) is 48.5 Å². The van der Waals surface area contributed by atoms with Crippen molar-refractivity contribution in [1.82, 2.24) is 10.3 Å². The van der Waals surface area contributed by atoms with Crippen LogP contribution in [0.4, 0.5) is 0 Å². The molecule has 4 rings (SSSR count). The zero-order valence-electron chi connectivity index (χ0n) is 20.7. The molecule has 8 nitrogen and oxygen atoms in total. The van der Waals surface area contributed by atoms with Gasteiger partial charge in [-0.2, -0.15) is 0 Å². The van der Waals surface area contributed by atoms with E-state index in [0.717, 1.165) is 16.7 Å². The fourth-order valence-electron chi connectivity index (χ4n) is 3.84. The summed E-state index contributed by atoms with van der Waals surface area (Å²) < 4.78 is 27.3. The Hall–Kier alpha value is -4.46. The molecule has 4 aromatic rings. The average Bonchev–Trinajstić information content (AvgIpc) is 2.93. The lowest BCUT2D eigenvalue weighted by Crippen LogP contribution is -2.28. The van der Waals surface area contributed by atoms with E-state index in [0.29, 0.717) is 52.9 Å². The number of pyridine rings is 1. The average molecular weight is 489 g/mol. The van der Waals surface area contributed by atoms with Gasteiger partial charge in [0.05, 0.1) is 51.8 Å². The van der Waals surface area contributed by atoms with Crippen molar-refractivity contribution in [1.29, 1.82) is 0 Å². The normalized spacial score (nSPS) is 10.6. The zero-order valence-corrected chi connectivity index (χ0v) is 20.7. The van der Waals surface area contributed by atoms with Gasteiger partial charge in [-0.3, -0.25) is 4.79 Å². The van der Waals surface area contributed by atoms with Crippen molar-refractivity contribution in [2.75, 3.05) is 41.6 Å². The number of methoxy groups -OCH3 is 4. The van der Waals surface area contributed by atoms with Gasteiger partial charge >= 0.3 is 0 Å². The summed E-state index contributed by atoms with van der Waals surface area (Å²) in [6.07, 6.45) is 0. The van der Waals surface area contributed by atoms with Gasteiger partial charge < -0.3 is 29.0 Å². The lowest BCUT2D eigenvalue weighted by Gasteiger charge is -2.15. The number of ether oxygens (including phenoxy) is 5. The molecule has 0 unspecified atom stereocenters. The Morgan fingerprint density at radius 1 is 0.806 bits per heavy atom. The maximum Gasteiger partial charge on any atom is 0.252 e. The third kappa shape index (κ3) is 5.27. The molecule has 0 saturated heterocycles. The van der Waals surface area contributed by atoms with Crippen molar-refractivity contribution in [3.05, 3.63) is 72.3 Å². The lowest BCUT2D eigenvalue weighted by atomic mass is 10.0. The first kappa shape index (κ1) is 24.7. The van der Waals surface area contributed by atoms with Crippen molar-refractivity contribution in [2.24, 2.45) is 0 Å². The third-order valence-corrected chi connectivity index (χ3v) is 5.64. The Bertz CT molecular complexity index is 1330. The van der Waals surface area contributed by atoms with Gasteiger partial charge in [-0.15, -0.1) is 0 Å². The minimum Gasteiger partial charge on any atom is -0.497 e. The first-order chi connectivity index (χ1) is 17.6. The molecule has 0 aliphatic heterocycles. The van der Waals surface area contributed by atoms with Crippen LogP contribution in [-0.2, 0) is 0 Å². The van der Waals surface area contributed by atoms with Crippen molar-refractivity contribution in [3.63, 3.8) is 0 Å². The van der Waals surface area contributed by atoms with Gasteiger partial charge in [-0.25, -0.2) is 4.98 Å². The molecule has 186 valence electrons. The fourth-order valence-corrected chi connectivity index (χ4v) is 3.84. The zero-order chi connectivity index (χ0) is 25.5. The van der Waals surface area contributed by atoms with E-state index < -0.39 is 0 Å². The van der Waals surface area contributed by atoms with Crippen molar-refractivity contribution in [2.45, 2.75) is 0 Å². The van der Waals surface area contributed by atoms with E-state index in [-0.39, 0.29) is 5.91 Å². The molecule has 1 aromatic heterocycles. The molecule has 0 radical (unpaired) electrons. The van der Waals surface area contributed by atoms with Crippen LogP contribution in [0.2, 0.25) is 0 Å². The number of para-hydroxylation sites is 1. The maximum absolute atomic E-state index is 13.2. The summed E-state index contributed by atoms with van der Waals surface area (Å²) in [5, 5.41) is 3.69. The van der Waals surface area contributed by atoms with E-state index in [2.05, 4.69) is 5.32 Å². The quantitative estimate of drug-likeness (QED) is 0.323. The molecule has 1 amide bonds. The van der Waals surface area contributed by atoms with E-state index in [1.807, 2.05) is 60.7 Å². The van der Waals surface area contributed by atoms with E-state index >= 15 is 0 Å². The second kappa shape index (κ2) is 11.3. The summed E-state index contributed by atoms with van der Waals surface area (Å²) in [6.45, 7) is 0.655. The molecule has 8 heteroatoms. The number of rotatable bonds is 10. The molecule has 36 heavy (non-hydrogen) atoms. The number of aromatic nitrogens is 1. The number of carbonyl (C=O) groups is 1. The van der Waals surface area contributed by atoms with Crippen molar-refractivity contribution >= 4 is 16.8 Å². The Morgan fingerprint density at radius 3 is 2.11 bits per heavy atom. The molecule has 0 fully saturated rings. The van der Waals surface area contributed by atoms with Crippen LogP contribution in [0.1, 0.15) is 10.4 Å². The molecule has 0 spiro atoms. The molecule has 0 aliphatic rings. The summed E-state index contributed by atoms with van der Waals surface area (Å²) in [7, 11) is 6.28. The van der Waals surface area contributed by atoms with Gasteiger partial charge in [0, 0.05) is 10.9 Å². The van der Waals surface area contributed by atoms with Gasteiger partial charge in [0.1, 0.15) is 18.1 Å². The van der Waals surface area contributed by atoms with Gasteiger partial charge in [0.15, 0.2) is 11.5 Å². The Labute approximate surface area is 209 Å². The first-order valence-corrected chi connectivity index (χ1v) is 11.3. The molecule has 1 heterocycles. The molecule has 1 N–H and O–H groups in total. The summed E-state index contributed by atoms with van der Waals surface area (Å²) in [5.41, 5.74) is 2.54. The van der Waals surface area contributed by atoms with Gasteiger partial charge in [0.2, 0.25) is 5.75 Å². The van der Waals surface area contributed by atoms with Crippen LogP contribution in [0, 0.1) is 0 Å². The minimum atomic E-state index is -0.222. The summed E-state index contributed by atoms with van der Waals surface area (Å²) in [6, 6.07) is 20.2. The van der Waals surface area contributed by atoms with Crippen LogP contribution < -0.4 is 29.0 Å². The second-order valence-corrected chi connectivity index (χ2v) is 7.77. The number of fused-ring (bicyclic) bond motifs is 1. The number of hydrogen-bond donors (Lipinski definition) is 1. The van der Waals surface area contributed by atoms with Crippen LogP contribution in [0.3, 0.4) is 0 Å². The van der Waals surface area contributed by atoms with Crippen molar-refractivity contribution in [3.8, 4) is 40.0 Å². The predicted molar refractivity (Wildman–Crippen MR) is 138 cm³/mol. The standard InChI is InChI=1S/C28H28N2O6/c1-32-19-9-11-20(12-10-19)36-14-13-29-28(31)22-17-24(30-23-8-6-5-7-21(22)23)18-15-25(33-2)27(35-4)26(16-18)34-3/h5-12,15-17H,13-14H2,1-4H3,(H,29,31). The number of benzene rings is 3. The summed E-state index contributed by atoms with van der Waals surface area (Å²) in [5.74, 6) is 2.72. The Balaban J connectivity index is 1.58. The highest BCUT2D eigenvalue weighted by atomic mass is 16.5. The monoisotopic (exact) mass is 488 g/mol. The number of hydrogen-bond acceptors (Lipinski definition) is 7. The topological polar surface area (TPSA) is 88.1 Å². The molecule has 3 aromatic carbocycles. The van der Waals surface area contributed by atoms with Crippen LogP contribution in [-0.4, -0.2) is 52.5 Å². The molecule has 0 atom stereocenters. The maximum atomic E-state index is 13.2. The number of nitrogens with one attached hydrogen (secondary N) is 1. The molecule has 0 bridgehead atoms. The van der Waals surface area contributed by atoms with Gasteiger partial charge in [-0.1, -0.05) is 18.2 Å². The van der Waals surface area contributed by atoms with E-state index in [9.17, 15) is 4.79 Å². The summed E-state index contributed by atoms with van der Waals surface area (Å²) in [4.78, 5) is 18.0. The van der Waals surface area contributed by atoms with E-state index in [1.165, 1.54) is 0 Å². The Kier molecular flexibility index (Phi) is 7.75. The SMILES string of the molecule is COc1ccc(OCCNC(=O)c2cc(-c3cc(OC)c(OC)c(OC)c3)nc3ccccc23)cc1. The first-order valence-electron chi connectivity index (χ1n) is 11.3. The highest BCUT2D eigenvalue weighted by Crippen LogP contribution is 2.41. The lowest BCUT2D eigenvalue weighted by molar-refractivity contribution is 0.0948. The molecular formula is C28H28N2O6. The van der Waals surface area contributed by atoms with Crippen molar-refractivity contribution < 1.29 is 28.5 Å². The predicted octanol–water partition coefficient (Wildman–Crippen LogP) is 4.75. The number of amides is 1. The highest BCUT2D eigenvalue weighted by Gasteiger charge is 2.18. The largest absolute Gasteiger partial charge is 0.497 e. The van der Waals surface area contributed by atoms with Crippen LogP contribution in [0.15, 0.2) is 66.7 Å². The van der Waals surface area contributed by atoms with Gasteiger partial charge in [0.25, 0.3) is 5.91 Å². The summed E-state index contributed by atoms with van der Waals surface area (Å²) >= 11 is 0. The molecular weight excluding hydrogens is 460 g/mol. The van der Waals surface area contributed by atoms with Crippen LogP contribution >= 0.6 is 0 Å².